The van der Waals surface area contributed by atoms with E-state index in [1.807, 2.05) is 0 Å². The van der Waals surface area contributed by atoms with Gasteiger partial charge in [-0.05, 0) is 18.8 Å². The number of ether oxygens (including phenoxy) is 2. The van der Waals surface area contributed by atoms with Gasteiger partial charge in [-0.3, -0.25) is 4.79 Å². The van der Waals surface area contributed by atoms with Crippen LogP contribution in [-0.2, 0) is 14.3 Å². The summed E-state index contributed by atoms with van der Waals surface area (Å²) in [6.07, 6.45) is 3.00. The maximum atomic E-state index is 9.96. The summed E-state index contributed by atoms with van der Waals surface area (Å²) in [6, 6.07) is 0. The molecular formula is C10H20O3. The topological polar surface area (TPSA) is 35.5 Å². The van der Waals surface area contributed by atoms with Crippen LogP contribution < -0.4 is 0 Å². The molecule has 0 aromatic rings. The number of carbonyl (C=O) groups is 1. The Morgan fingerprint density at radius 1 is 1.46 bits per heavy atom. The minimum Gasteiger partial charge on any atom is -0.469 e. The van der Waals surface area contributed by atoms with E-state index >= 15 is 0 Å². The Kier molecular flexibility index (Phi) is 7.69. The number of rotatable bonds is 1. The predicted molar refractivity (Wildman–Crippen MR) is 51.5 cm³/mol. The monoisotopic (exact) mass is 188 g/mol. The summed E-state index contributed by atoms with van der Waals surface area (Å²) in [5.41, 5.74) is 0. The lowest BCUT2D eigenvalue weighted by atomic mass is 10.0. The summed E-state index contributed by atoms with van der Waals surface area (Å²) in [6.45, 7) is 6.01. The normalized spacial score (nSPS) is 17.2. The minimum absolute atomic E-state index is 0.157. The summed E-state index contributed by atoms with van der Waals surface area (Å²) >= 11 is 0. The number of esters is 1. The van der Waals surface area contributed by atoms with Gasteiger partial charge in [0.05, 0.1) is 7.11 Å². The van der Waals surface area contributed by atoms with Crippen LogP contribution in [-0.4, -0.2) is 26.3 Å². The van der Waals surface area contributed by atoms with Gasteiger partial charge in [0.25, 0.3) is 0 Å². The molecule has 0 aliphatic carbocycles. The van der Waals surface area contributed by atoms with Crippen molar-refractivity contribution in [2.75, 3.05) is 20.3 Å². The molecule has 1 rings (SSSR count). The fraction of sp³-hybridized carbons (Fsp3) is 0.900. The van der Waals surface area contributed by atoms with Crippen molar-refractivity contribution in [2.45, 2.75) is 33.1 Å². The highest BCUT2D eigenvalue weighted by Crippen LogP contribution is 2.11. The Balaban J connectivity index is 0.000000226. The second-order valence-corrected chi connectivity index (χ2v) is 3.22. The molecule has 1 aliphatic heterocycles. The highest BCUT2D eigenvalue weighted by molar-refractivity contribution is 5.68. The van der Waals surface area contributed by atoms with E-state index in [2.05, 4.69) is 11.7 Å². The first-order valence-electron chi connectivity index (χ1n) is 4.85. The lowest BCUT2D eigenvalue weighted by molar-refractivity contribution is -0.140. The zero-order valence-electron chi connectivity index (χ0n) is 8.84. The average molecular weight is 188 g/mol. The zero-order valence-corrected chi connectivity index (χ0v) is 8.84. The van der Waals surface area contributed by atoms with E-state index in [9.17, 15) is 4.79 Å². The fourth-order valence-electron chi connectivity index (χ4n) is 0.960. The summed E-state index contributed by atoms with van der Waals surface area (Å²) in [7, 11) is 1.38. The SMILES string of the molecule is CC1CCOCC1.CCC(=O)OC. The minimum atomic E-state index is -0.157. The molecule has 0 amide bonds. The van der Waals surface area contributed by atoms with Crippen LogP contribution in [0.2, 0.25) is 0 Å². The third-order valence-corrected chi connectivity index (χ3v) is 2.03. The maximum Gasteiger partial charge on any atom is 0.305 e. The second kappa shape index (κ2) is 8.05. The first-order valence-corrected chi connectivity index (χ1v) is 4.85. The molecule has 0 saturated carbocycles. The zero-order chi connectivity index (χ0) is 10.1. The first-order chi connectivity index (χ1) is 6.20. The Hall–Kier alpha value is -0.570. The van der Waals surface area contributed by atoms with Crippen LogP contribution in [0.5, 0.6) is 0 Å². The molecule has 13 heavy (non-hydrogen) atoms. The molecule has 0 unspecified atom stereocenters. The smallest absolute Gasteiger partial charge is 0.305 e. The number of carbonyl (C=O) groups excluding carboxylic acids is 1. The molecule has 1 aliphatic rings. The van der Waals surface area contributed by atoms with Crippen LogP contribution in [0.25, 0.3) is 0 Å². The van der Waals surface area contributed by atoms with Gasteiger partial charge in [-0.2, -0.15) is 0 Å². The molecule has 0 bridgehead atoms. The van der Waals surface area contributed by atoms with Gasteiger partial charge in [-0.1, -0.05) is 13.8 Å². The van der Waals surface area contributed by atoms with Crippen molar-refractivity contribution in [3.05, 3.63) is 0 Å². The van der Waals surface area contributed by atoms with Crippen LogP contribution in [0, 0.1) is 5.92 Å². The highest BCUT2D eigenvalue weighted by Gasteiger charge is 2.06. The van der Waals surface area contributed by atoms with E-state index in [0.717, 1.165) is 19.1 Å². The molecular weight excluding hydrogens is 168 g/mol. The van der Waals surface area contributed by atoms with Crippen molar-refractivity contribution >= 4 is 5.97 Å². The van der Waals surface area contributed by atoms with Crippen molar-refractivity contribution in [2.24, 2.45) is 5.92 Å². The molecule has 1 saturated heterocycles. The molecule has 3 heteroatoms. The van der Waals surface area contributed by atoms with Crippen molar-refractivity contribution in [3.8, 4) is 0 Å². The Bertz CT molecular complexity index is 122. The fourth-order valence-corrected chi connectivity index (χ4v) is 0.960. The molecule has 3 nitrogen and oxygen atoms in total. The van der Waals surface area contributed by atoms with Gasteiger partial charge in [0.2, 0.25) is 0 Å². The third kappa shape index (κ3) is 7.78. The summed E-state index contributed by atoms with van der Waals surface area (Å²) in [4.78, 5) is 9.96. The van der Waals surface area contributed by atoms with Crippen molar-refractivity contribution in [3.63, 3.8) is 0 Å². The van der Waals surface area contributed by atoms with Gasteiger partial charge >= 0.3 is 5.97 Å². The standard InChI is InChI=1S/C6H12O.C4H8O2/c1-6-2-4-7-5-3-6;1-3-4(5)6-2/h6H,2-5H2,1H3;3H2,1-2H3. The average Bonchev–Trinajstić information content (AvgIpc) is 2.19. The molecule has 0 atom stereocenters. The molecule has 0 radical (unpaired) electrons. The quantitative estimate of drug-likeness (QED) is 0.590. The van der Waals surface area contributed by atoms with Crippen molar-refractivity contribution in [1.29, 1.82) is 0 Å². The maximum absolute atomic E-state index is 9.96. The number of hydrogen-bond acceptors (Lipinski definition) is 3. The number of hydrogen-bond donors (Lipinski definition) is 0. The predicted octanol–water partition coefficient (Wildman–Crippen LogP) is 2.00. The second-order valence-electron chi connectivity index (χ2n) is 3.22. The first kappa shape index (κ1) is 12.4. The van der Waals surface area contributed by atoms with Gasteiger partial charge in [0.1, 0.15) is 0 Å². The molecule has 0 N–H and O–H groups in total. The van der Waals surface area contributed by atoms with Crippen LogP contribution in [0.3, 0.4) is 0 Å². The van der Waals surface area contributed by atoms with Gasteiger partial charge in [0, 0.05) is 19.6 Å². The molecule has 0 aromatic heterocycles. The largest absolute Gasteiger partial charge is 0.469 e. The molecule has 0 aromatic carbocycles. The van der Waals surface area contributed by atoms with Gasteiger partial charge in [-0.25, -0.2) is 0 Å². The van der Waals surface area contributed by atoms with E-state index in [1.54, 1.807) is 6.92 Å². The third-order valence-electron chi connectivity index (χ3n) is 2.03. The van der Waals surface area contributed by atoms with Crippen molar-refractivity contribution in [1.82, 2.24) is 0 Å². The molecule has 1 fully saturated rings. The Morgan fingerprint density at radius 2 is 2.00 bits per heavy atom. The molecule has 1 heterocycles. The van der Waals surface area contributed by atoms with E-state index in [0.29, 0.717) is 6.42 Å². The number of methoxy groups -OCH3 is 1. The Morgan fingerprint density at radius 3 is 2.15 bits per heavy atom. The lowest BCUT2D eigenvalue weighted by Gasteiger charge is -2.16. The molecule has 0 spiro atoms. The van der Waals surface area contributed by atoms with E-state index in [4.69, 9.17) is 4.74 Å². The van der Waals surface area contributed by atoms with Crippen LogP contribution in [0.1, 0.15) is 33.1 Å². The van der Waals surface area contributed by atoms with Crippen LogP contribution in [0.15, 0.2) is 0 Å². The highest BCUT2D eigenvalue weighted by atomic mass is 16.5. The summed E-state index contributed by atoms with van der Waals surface area (Å²) < 4.78 is 9.40. The van der Waals surface area contributed by atoms with E-state index in [1.165, 1.54) is 20.0 Å². The van der Waals surface area contributed by atoms with E-state index in [-0.39, 0.29) is 5.97 Å². The van der Waals surface area contributed by atoms with Crippen molar-refractivity contribution < 1.29 is 14.3 Å². The Labute approximate surface area is 80.4 Å². The summed E-state index contributed by atoms with van der Waals surface area (Å²) in [5, 5.41) is 0. The van der Waals surface area contributed by atoms with Crippen LogP contribution >= 0.6 is 0 Å². The van der Waals surface area contributed by atoms with Gasteiger partial charge in [-0.15, -0.1) is 0 Å². The molecule has 78 valence electrons. The van der Waals surface area contributed by atoms with E-state index < -0.39 is 0 Å². The van der Waals surface area contributed by atoms with Gasteiger partial charge in [0.15, 0.2) is 0 Å². The van der Waals surface area contributed by atoms with Gasteiger partial charge < -0.3 is 9.47 Å². The lowest BCUT2D eigenvalue weighted by Crippen LogP contribution is -2.12. The van der Waals surface area contributed by atoms with Crippen LogP contribution in [0.4, 0.5) is 0 Å². The summed E-state index contributed by atoms with van der Waals surface area (Å²) in [5.74, 6) is 0.753.